The van der Waals surface area contributed by atoms with Gasteiger partial charge in [-0.25, -0.2) is 0 Å². The molecule has 15 heavy (non-hydrogen) atoms. The van der Waals surface area contributed by atoms with E-state index in [0.717, 1.165) is 11.3 Å². The molecule has 2 fully saturated rings. The summed E-state index contributed by atoms with van der Waals surface area (Å²) in [6, 6.07) is 0. The topological polar surface area (TPSA) is 0 Å². The van der Waals surface area contributed by atoms with Gasteiger partial charge in [-0.15, -0.1) is 0 Å². The molecular formula is C15H30. The lowest BCUT2D eigenvalue weighted by Gasteiger charge is -2.39. The second kappa shape index (κ2) is 6.55. The Morgan fingerprint density at radius 2 is 1.33 bits per heavy atom. The Kier molecular flexibility index (Phi) is 5.71. The standard InChI is InChI=1S/C13H24.C2H6/c1-12-7-6-10-13(11-12)8-4-2-3-5-9-13;1-2/h12H,2-11H2,1H3;1-2H3. The minimum atomic E-state index is 0.814. The molecule has 0 aromatic carbocycles. The maximum atomic E-state index is 2.46. The minimum Gasteiger partial charge on any atom is -0.0683 e. The minimum absolute atomic E-state index is 0.814. The lowest BCUT2D eigenvalue weighted by Crippen LogP contribution is -2.27. The molecule has 2 saturated carbocycles. The van der Waals surface area contributed by atoms with Crippen LogP contribution >= 0.6 is 0 Å². The molecule has 0 radical (unpaired) electrons. The predicted molar refractivity (Wildman–Crippen MR) is 69.1 cm³/mol. The highest BCUT2D eigenvalue weighted by Crippen LogP contribution is 2.48. The van der Waals surface area contributed by atoms with Gasteiger partial charge in [0, 0.05) is 0 Å². The van der Waals surface area contributed by atoms with Crippen LogP contribution in [0.4, 0.5) is 0 Å². The fraction of sp³-hybridized carbons (Fsp3) is 1.00. The van der Waals surface area contributed by atoms with Gasteiger partial charge in [-0.2, -0.15) is 0 Å². The van der Waals surface area contributed by atoms with Crippen molar-refractivity contribution >= 4 is 0 Å². The molecule has 90 valence electrons. The van der Waals surface area contributed by atoms with Crippen LogP contribution in [-0.4, -0.2) is 0 Å². The summed E-state index contributed by atoms with van der Waals surface area (Å²) in [5.41, 5.74) is 0.814. The first kappa shape index (κ1) is 13.1. The molecule has 1 atom stereocenters. The molecule has 1 spiro atoms. The van der Waals surface area contributed by atoms with Crippen LogP contribution in [0.15, 0.2) is 0 Å². The van der Waals surface area contributed by atoms with Crippen molar-refractivity contribution in [1.29, 1.82) is 0 Å². The third kappa shape index (κ3) is 3.81. The molecular weight excluding hydrogens is 180 g/mol. The Labute approximate surface area is 96.8 Å². The molecule has 2 rings (SSSR count). The first-order valence-corrected chi connectivity index (χ1v) is 7.31. The van der Waals surface area contributed by atoms with E-state index >= 15 is 0 Å². The zero-order valence-corrected chi connectivity index (χ0v) is 11.1. The summed E-state index contributed by atoms with van der Waals surface area (Å²) in [6.07, 6.45) is 15.3. The molecule has 0 aromatic heterocycles. The number of hydrogen-bond acceptors (Lipinski definition) is 0. The van der Waals surface area contributed by atoms with Crippen LogP contribution in [0.3, 0.4) is 0 Å². The van der Waals surface area contributed by atoms with Crippen molar-refractivity contribution in [2.45, 2.75) is 85.0 Å². The highest BCUT2D eigenvalue weighted by atomic mass is 14.4. The van der Waals surface area contributed by atoms with Crippen LogP contribution < -0.4 is 0 Å². The van der Waals surface area contributed by atoms with E-state index < -0.39 is 0 Å². The van der Waals surface area contributed by atoms with Crippen molar-refractivity contribution in [3.63, 3.8) is 0 Å². The van der Waals surface area contributed by atoms with Crippen LogP contribution in [0.1, 0.15) is 85.0 Å². The van der Waals surface area contributed by atoms with Crippen molar-refractivity contribution in [2.24, 2.45) is 11.3 Å². The van der Waals surface area contributed by atoms with Crippen molar-refractivity contribution in [1.82, 2.24) is 0 Å². The normalized spacial score (nSPS) is 30.2. The fourth-order valence-electron chi connectivity index (χ4n) is 3.70. The third-order valence-corrected chi connectivity index (χ3v) is 4.35. The van der Waals surface area contributed by atoms with E-state index in [-0.39, 0.29) is 0 Å². The van der Waals surface area contributed by atoms with E-state index in [0.29, 0.717) is 0 Å². The first-order chi connectivity index (χ1) is 7.31. The van der Waals surface area contributed by atoms with Gasteiger partial charge in [0.1, 0.15) is 0 Å². The van der Waals surface area contributed by atoms with E-state index in [1.807, 2.05) is 13.8 Å². The molecule has 0 aliphatic heterocycles. The van der Waals surface area contributed by atoms with Gasteiger partial charge in [-0.3, -0.25) is 0 Å². The second-order valence-electron chi connectivity index (χ2n) is 5.62. The molecule has 0 nitrogen and oxygen atoms in total. The van der Waals surface area contributed by atoms with E-state index in [2.05, 4.69) is 6.92 Å². The van der Waals surface area contributed by atoms with Gasteiger partial charge in [-0.05, 0) is 37.0 Å². The van der Waals surface area contributed by atoms with Gasteiger partial charge in [0.05, 0.1) is 0 Å². The molecule has 0 heterocycles. The smallest absolute Gasteiger partial charge is 0.0295 e. The zero-order chi connectivity index (χ0) is 11.1. The van der Waals surface area contributed by atoms with E-state index in [4.69, 9.17) is 0 Å². The molecule has 0 saturated heterocycles. The SMILES string of the molecule is CC.CC1CCCC2(CCCCCC2)C1. The summed E-state index contributed by atoms with van der Waals surface area (Å²) in [7, 11) is 0. The highest BCUT2D eigenvalue weighted by Gasteiger charge is 2.34. The van der Waals surface area contributed by atoms with Crippen LogP contribution in [0.5, 0.6) is 0 Å². The van der Waals surface area contributed by atoms with Gasteiger partial charge in [0.25, 0.3) is 0 Å². The maximum absolute atomic E-state index is 2.46. The molecule has 0 aromatic rings. The Morgan fingerprint density at radius 3 is 1.87 bits per heavy atom. The van der Waals surface area contributed by atoms with Crippen LogP contribution in [-0.2, 0) is 0 Å². The quantitative estimate of drug-likeness (QED) is 0.491. The summed E-state index contributed by atoms with van der Waals surface area (Å²) in [5, 5.41) is 0. The molecule has 0 heteroatoms. The van der Waals surface area contributed by atoms with Gasteiger partial charge in [0.15, 0.2) is 0 Å². The molecule has 2 aliphatic carbocycles. The number of rotatable bonds is 0. The van der Waals surface area contributed by atoms with Crippen LogP contribution in [0.25, 0.3) is 0 Å². The van der Waals surface area contributed by atoms with Gasteiger partial charge >= 0.3 is 0 Å². The molecule has 0 amide bonds. The van der Waals surface area contributed by atoms with Crippen LogP contribution in [0, 0.1) is 11.3 Å². The summed E-state index contributed by atoms with van der Waals surface area (Å²) >= 11 is 0. The van der Waals surface area contributed by atoms with Gasteiger partial charge in [0.2, 0.25) is 0 Å². The zero-order valence-electron chi connectivity index (χ0n) is 11.1. The first-order valence-electron chi connectivity index (χ1n) is 7.31. The van der Waals surface area contributed by atoms with E-state index in [9.17, 15) is 0 Å². The summed E-state index contributed by atoms with van der Waals surface area (Å²) in [5.74, 6) is 1.02. The molecule has 2 aliphatic rings. The lowest BCUT2D eigenvalue weighted by atomic mass is 9.66. The molecule has 0 bridgehead atoms. The Morgan fingerprint density at radius 1 is 0.800 bits per heavy atom. The summed E-state index contributed by atoms with van der Waals surface area (Å²) in [6.45, 7) is 6.46. The van der Waals surface area contributed by atoms with Gasteiger partial charge in [-0.1, -0.05) is 59.3 Å². The average molecular weight is 210 g/mol. The Hall–Kier alpha value is 0. The Balaban J connectivity index is 0.000000531. The fourth-order valence-corrected chi connectivity index (χ4v) is 3.70. The largest absolute Gasteiger partial charge is 0.0683 e. The van der Waals surface area contributed by atoms with Crippen molar-refractivity contribution in [3.8, 4) is 0 Å². The second-order valence-corrected chi connectivity index (χ2v) is 5.62. The van der Waals surface area contributed by atoms with Gasteiger partial charge < -0.3 is 0 Å². The van der Waals surface area contributed by atoms with Crippen molar-refractivity contribution < 1.29 is 0 Å². The van der Waals surface area contributed by atoms with Crippen molar-refractivity contribution in [3.05, 3.63) is 0 Å². The molecule has 0 N–H and O–H groups in total. The number of hydrogen-bond donors (Lipinski definition) is 0. The maximum Gasteiger partial charge on any atom is -0.0295 e. The van der Waals surface area contributed by atoms with E-state index in [1.165, 1.54) is 38.5 Å². The van der Waals surface area contributed by atoms with E-state index in [1.54, 1.807) is 25.7 Å². The highest BCUT2D eigenvalue weighted by molar-refractivity contribution is 4.86. The van der Waals surface area contributed by atoms with Crippen LogP contribution in [0.2, 0.25) is 0 Å². The average Bonchev–Trinajstić information content (AvgIpc) is 2.47. The lowest BCUT2D eigenvalue weighted by molar-refractivity contribution is 0.123. The Bertz CT molecular complexity index is 151. The van der Waals surface area contributed by atoms with Crippen molar-refractivity contribution in [2.75, 3.05) is 0 Å². The monoisotopic (exact) mass is 210 g/mol. The third-order valence-electron chi connectivity index (χ3n) is 4.35. The summed E-state index contributed by atoms with van der Waals surface area (Å²) in [4.78, 5) is 0. The molecule has 1 unspecified atom stereocenters. The predicted octanol–water partition coefficient (Wildman–Crippen LogP) is 5.56. The summed E-state index contributed by atoms with van der Waals surface area (Å²) < 4.78 is 0.